The van der Waals surface area contributed by atoms with Gasteiger partial charge in [0.05, 0.1) is 17.3 Å². The quantitative estimate of drug-likeness (QED) is 0.217. The molecule has 1 amide bonds. The van der Waals surface area contributed by atoms with Crippen LogP contribution in [0.4, 0.5) is 34.9 Å². The lowest BCUT2D eigenvalue weighted by Gasteiger charge is -2.10. The number of fused-ring (bicyclic) bond motifs is 1. The summed E-state index contributed by atoms with van der Waals surface area (Å²) in [6, 6.07) is 20.5. The Kier molecular flexibility index (Phi) is 6.60. The van der Waals surface area contributed by atoms with Crippen molar-refractivity contribution in [3.8, 4) is 22.5 Å². The van der Waals surface area contributed by atoms with Gasteiger partial charge in [0.1, 0.15) is 34.4 Å². The Morgan fingerprint density at radius 3 is 2.32 bits per heavy atom. The van der Waals surface area contributed by atoms with Crippen molar-refractivity contribution in [3.63, 3.8) is 0 Å². The first-order valence-electron chi connectivity index (χ1n) is 12.3. The van der Waals surface area contributed by atoms with Crippen LogP contribution in [-0.2, 0) is 0 Å². The second-order valence-corrected chi connectivity index (χ2v) is 8.91. The van der Waals surface area contributed by atoms with Gasteiger partial charge in [0.15, 0.2) is 5.82 Å². The van der Waals surface area contributed by atoms with Crippen LogP contribution in [0, 0.1) is 23.3 Å². The van der Waals surface area contributed by atoms with Gasteiger partial charge in [0.2, 0.25) is 5.95 Å². The number of rotatable bonds is 6. The van der Waals surface area contributed by atoms with E-state index in [-0.39, 0.29) is 17.3 Å². The van der Waals surface area contributed by atoms with Crippen molar-refractivity contribution in [2.24, 2.45) is 0 Å². The highest BCUT2D eigenvalue weighted by molar-refractivity contribution is 6.05. The Balaban J connectivity index is 1.42. The lowest BCUT2D eigenvalue weighted by Crippen LogP contribution is -2.15. The van der Waals surface area contributed by atoms with E-state index < -0.39 is 34.7 Å². The SMILES string of the molecule is O=C(Nc1cccc(-c2nn3ccccc3c2-c2nc(Nc3cccc(F)c3)ncc2F)c1)c1c(F)cccc1F. The lowest BCUT2D eigenvalue weighted by molar-refractivity contribution is 0.101. The molecule has 0 spiro atoms. The summed E-state index contributed by atoms with van der Waals surface area (Å²) in [4.78, 5) is 21.0. The van der Waals surface area contributed by atoms with Crippen LogP contribution in [0.5, 0.6) is 0 Å². The van der Waals surface area contributed by atoms with E-state index in [0.717, 1.165) is 18.3 Å². The summed E-state index contributed by atoms with van der Waals surface area (Å²) in [5.74, 6) is -4.13. The smallest absolute Gasteiger partial charge is 0.261 e. The maximum atomic E-state index is 15.3. The molecule has 0 unspecified atom stereocenters. The molecule has 0 saturated carbocycles. The van der Waals surface area contributed by atoms with Crippen molar-refractivity contribution in [2.45, 2.75) is 0 Å². The number of halogens is 4. The molecule has 3 aromatic heterocycles. The number of carbonyl (C=O) groups is 1. The van der Waals surface area contributed by atoms with E-state index >= 15 is 4.39 Å². The number of anilines is 3. The first kappa shape index (κ1) is 25.7. The van der Waals surface area contributed by atoms with Crippen molar-refractivity contribution in [2.75, 3.05) is 10.6 Å². The number of aromatic nitrogens is 4. The van der Waals surface area contributed by atoms with E-state index in [1.165, 1.54) is 24.3 Å². The first-order valence-corrected chi connectivity index (χ1v) is 12.3. The summed E-state index contributed by atoms with van der Waals surface area (Å²) in [5.41, 5.74) is 1.46. The van der Waals surface area contributed by atoms with Gasteiger partial charge in [-0.2, -0.15) is 5.10 Å². The summed E-state index contributed by atoms with van der Waals surface area (Å²) in [6.45, 7) is 0. The minimum absolute atomic E-state index is 0.0289. The molecule has 6 rings (SSSR count). The predicted molar refractivity (Wildman–Crippen MR) is 146 cm³/mol. The van der Waals surface area contributed by atoms with Gasteiger partial charge in [-0.25, -0.2) is 32.0 Å². The van der Waals surface area contributed by atoms with E-state index in [1.54, 1.807) is 59.2 Å². The number of amides is 1. The third-order valence-electron chi connectivity index (χ3n) is 6.19. The van der Waals surface area contributed by atoms with Gasteiger partial charge in [-0.3, -0.25) is 4.79 Å². The van der Waals surface area contributed by atoms with E-state index in [1.807, 2.05) is 0 Å². The molecule has 41 heavy (non-hydrogen) atoms. The number of benzene rings is 3. The minimum atomic E-state index is -0.997. The Bertz CT molecular complexity index is 1920. The molecule has 11 heteroatoms. The van der Waals surface area contributed by atoms with Crippen LogP contribution in [-0.4, -0.2) is 25.5 Å². The number of hydrogen-bond donors (Lipinski definition) is 2. The fraction of sp³-hybridized carbons (Fsp3) is 0. The fourth-order valence-electron chi connectivity index (χ4n) is 4.38. The van der Waals surface area contributed by atoms with Crippen molar-refractivity contribution in [1.29, 1.82) is 0 Å². The zero-order valence-corrected chi connectivity index (χ0v) is 20.9. The Morgan fingerprint density at radius 1 is 0.756 bits per heavy atom. The fourth-order valence-corrected chi connectivity index (χ4v) is 4.38. The van der Waals surface area contributed by atoms with Gasteiger partial charge in [-0.05, 0) is 54.6 Å². The zero-order valence-electron chi connectivity index (χ0n) is 20.9. The normalized spacial score (nSPS) is 11.0. The highest BCUT2D eigenvalue weighted by Gasteiger charge is 2.23. The largest absolute Gasteiger partial charge is 0.324 e. The molecular formula is C30H18F4N6O. The average Bonchev–Trinajstić information content (AvgIpc) is 3.34. The molecular weight excluding hydrogens is 536 g/mol. The van der Waals surface area contributed by atoms with E-state index in [2.05, 4.69) is 25.7 Å². The molecule has 3 aromatic carbocycles. The van der Waals surface area contributed by atoms with Crippen molar-refractivity contribution >= 4 is 28.7 Å². The summed E-state index contributed by atoms with van der Waals surface area (Å²) < 4.78 is 58.8. The molecule has 0 fully saturated rings. The average molecular weight is 555 g/mol. The van der Waals surface area contributed by atoms with Crippen LogP contribution in [0.25, 0.3) is 28.0 Å². The van der Waals surface area contributed by atoms with Gasteiger partial charge in [0, 0.05) is 23.1 Å². The molecule has 6 aromatic rings. The number of carbonyl (C=O) groups excluding carboxylic acids is 1. The zero-order chi connectivity index (χ0) is 28.5. The molecule has 0 aliphatic heterocycles. The molecule has 3 heterocycles. The molecule has 202 valence electrons. The highest BCUT2D eigenvalue weighted by atomic mass is 19.1. The first-order chi connectivity index (χ1) is 19.9. The molecule has 2 N–H and O–H groups in total. The lowest BCUT2D eigenvalue weighted by atomic mass is 10.0. The van der Waals surface area contributed by atoms with Crippen LogP contribution in [0.2, 0.25) is 0 Å². The van der Waals surface area contributed by atoms with Crippen LogP contribution >= 0.6 is 0 Å². The molecule has 0 bridgehead atoms. The second-order valence-electron chi connectivity index (χ2n) is 8.91. The van der Waals surface area contributed by atoms with Gasteiger partial charge >= 0.3 is 0 Å². The maximum Gasteiger partial charge on any atom is 0.261 e. The van der Waals surface area contributed by atoms with E-state index in [9.17, 15) is 18.0 Å². The minimum Gasteiger partial charge on any atom is -0.324 e. The predicted octanol–water partition coefficient (Wildman–Crippen LogP) is 7.01. The molecule has 0 radical (unpaired) electrons. The number of hydrogen-bond acceptors (Lipinski definition) is 5. The Labute approximate surface area is 230 Å². The number of nitrogens with zero attached hydrogens (tertiary/aromatic N) is 4. The van der Waals surface area contributed by atoms with E-state index in [4.69, 9.17) is 0 Å². The van der Waals surface area contributed by atoms with Crippen molar-refractivity contribution < 1.29 is 22.4 Å². The van der Waals surface area contributed by atoms with Crippen LogP contribution in [0.3, 0.4) is 0 Å². The number of pyridine rings is 1. The third kappa shape index (κ3) is 5.08. The molecule has 0 saturated heterocycles. The van der Waals surface area contributed by atoms with Gasteiger partial charge in [0.25, 0.3) is 5.91 Å². The van der Waals surface area contributed by atoms with Crippen molar-refractivity contribution in [3.05, 3.63) is 126 Å². The third-order valence-corrected chi connectivity index (χ3v) is 6.19. The highest BCUT2D eigenvalue weighted by Crippen LogP contribution is 2.36. The molecule has 7 nitrogen and oxygen atoms in total. The summed E-state index contributed by atoms with van der Waals surface area (Å²) in [7, 11) is 0. The van der Waals surface area contributed by atoms with E-state index in [0.29, 0.717) is 28.0 Å². The molecule has 0 atom stereocenters. The monoisotopic (exact) mass is 554 g/mol. The van der Waals surface area contributed by atoms with Crippen LogP contribution < -0.4 is 10.6 Å². The maximum absolute atomic E-state index is 15.3. The topological polar surface area (TPSA) is 84.2 Å². The van der Waals surface area contributed by atoms with Crippen LogP contribution in [0.1, 0.15) is 10.4 Å². The van der Waals surface area contributed by atoms with Gasteiger partial charge < -0.3 is 10.6 Å². The summed E-state index contributed by atoms with van der Waals surface area (Å²) in [5, 5.41) is 9.99. The van der Waals surface area contributed by atoms with Gasteiger partial charge in [-0.15, -0.1) is 0 Å². The Morgan fingerprint density at radius 2 is 1.51 bits per heavy atom. The summed E-state index contributed by atoms with van der Waals surface area (Å²) >= 11 is 0. The second kappa shape index (κ2) is 10.5. The van der Waals surface area contributed by atoms with Gasteiger partial charge in [-0.1, -0.05) is 30.3 Å². The summed E-state index contributed by atoms with van der Waals surface area (Å²) in [6.07, 6.45) is 2.68. The van der Waals surface area contributed by atoms with Crippen molar-refractivity contribution in [1.82, 2.24) is 19.6 Å². The standard InChI is InChI=1S/C30H18F4N6O/c31-18-7-4-9-20(15-18)37-30-35-16-23(34)28(38-30)26-24-12-1-2-13-40(24)39-27(26)17-6-3-8-19(14-17)36-29(41)25-21(32)10-5-11-22(25)33/h1-16H,(H,36,41)(H,35,37,38). The van der Waals surface area contributed by atoms with Crippen LogP contribution in [0.15, 0.2) is 97.3 Å². The Hall–Kier alpha value is -5.58. The number of nitrogens with one attached hydrogen (secondary N) is 2. The molecule has 0 aliphatic rings. The molecule has 0 aliphatic carbocycles.